The van der Waals surface area contributed by atoms with E-state index in [0.717, 1.165) is 5.56 Å². The van der Waals surface area contributed by atoms with Gasteiger partial charge in [-0.3, -0.25) is 0 Å². The number of ether oxygens (including phenoxy) is 2. The maximum Gasteiger partial charge on any atom is 0.216 e. The first-order valence-corrected chi connectivity index (χ1v) is 5.39. The molecule has 0 heterocycles. The fourth-order valence-corrected chi connectivity index (χ4v) is 1.97. The van der Waals surface area contributed by atoms with Gasteiger partial charge in [0.05, 0.1) is 0 Å². The van der Waals surface area contributed by atoms with Crippen LogP contribution in [0.15, 0.2) is 30.3 Å². The largest absolute Gasteiger partial charge is 0.343 e. The zero-order valence-corrected chi connectivity index (χ0v) is 9.19. The highest BCUT2D eigenvalue weighted by atomic mass is 16.7. The van der Waals surface area contributed by atoms with Gasteiger partial charge in [-0.25, -0.2) is 0 Å². The second kappa shape index (κ2) is 4.17. The van der Waals surface area contributed by atoms with Gasteiger partial charge in [0, 0.05) is 18.8 Å². The van der Waals surface area contributed by atoms with E-state index in [1.807, 2.05) is 32.1 Å². The number of hydrogen-bond donors (Lipinski definition) is 0. The summed E-state index contributed by atoms with van der Waals surface area (Å²) in [5.74, 6) is -0.653. The van der Waals surface area contributed by atoms with Crippen molar-refractivity contribution >= 4 is 6.08 Å². The molecule has 0 radical (unpaired) electrons. The Morgan fingerprint density at radius 2 is 1.73 bits per heavy atom. The van der Waals surface area contributed by atoms with Gasteiger partial charge in [-0.05, 0) is 25.5 Å². The van der Waals surface area contributed by atoms with Crippen molar-refractivity contribution in [3.8, 4) is 0 Å². The lowest BCUT2D eigenvalue weighted by Crippen LogP contribution is -2.29. The van der Waals surface area contributed by atoms with Crippen LogP contribution in [0.3, 0.4) is 0 Å². The van der Waals surface area contributed by atoms with Crippen LogP contribution in [-0.4, -0.2) is 13.2 Å². The quantitative estimate of drug-likeness (QED) is 0.702. The fourth-order valence-electron chi connectivity index (χ4n) is 1.97. The summed E-state index contributed by atoms with van der Waals surface area (Å²) in [6.45, 7) is 5.24. The van der Waals surface area contributed by atoms with Crippen LogP contribution < -0.4 is 0 Å². The molecule has 0 saturated heterocycles. The Hall–Kier alpha value is -1.12. The summed E-state index contributed by atoms with van der Waals surface area (Å²) in [7, 11) is 0. The second-order valence-electron chi connectivity index (χ2n) is 3.45. The first-order chi connectivity index (χ1) is 7.32. The molecule has 80 valence electrons. The van der Waals surface area contributed by atoms with Crippen LogP contribution in [0.5, 0.6) is 0 Å². The number of fused-ring (bicyclic) bond motifs is 1. The van der Waals surface area contributed by atoms with Crippen LogP contribution in [0.2, 0.25) is 0 Å². The minimum Gasteiger partial charge on any atom is -0.343 e. The molecule has 1 aromatic rings. The van der Waals surface area contributed by atoms with Crippen LogP contribution in [0.25, 0.3) is 6.08 Å². The predicted octanol–water partition coefficient (Wildman–Crippen LogP) is 2.94. The molecule has 0 saturated carbocycles. The van der Waals surface area contributed by atoms with Crippen LogP contribution in [0.4, 0.5) is 0 Å². The van der Waals surface area contributed by atoms with Crippen molar-refractivity contribution in [2.24, 2.45) is 0 Å². The van der Waals surface area contributed by atoms with Gasteiger partial charge in [0.1, 0.15) is 0 Å². The van der Waals surface area contributed by atoms with Crippen LogP contribution in [0, 0.1) is 0 Å². The van der Waals surface area contributed by atoms with Crippen molar-refractivity contribution < 1.29 is 9.47 Å². The molecule has 0 atom stereocenters. The van der Waals surface area contributed by atoms with Crippen molar-refractivity contribution in [1.82, 2.24) is 0 Å². The first-order valence-electron chi connectivity index (χ1n) is 5.39. The highest BCUT2D eigenvalue weighted by Gasteiger charge is 2.35. The van der Waals surface area contributed by atoms with Crippen molar-refractivity contribution in [1.29, 1.82) is 0 Å². The molecule has 0 amide bonds. The lowest BCUT2D eigenvalue weighted by atomic mass is 10.1. The summed E-state index contributed by atoms with van der Waals surface area (Å²) in [6, 6.07) is 8.17. The van der Waals surface area contributed by atoms with Crippen LogP contribution in [0.1, 0.15) is 25.0 Å². The molecule has 0 N–H and O–H groups in total. The molecular weight excluding hydrogens is 188 g/mol. The van der Waals surface area contributed by atoms with Gasteiger partial charge in [-0.15, -0.1) is 0 Å². The van der Waals surface area contributed by atoms with Crippen LogP contribution >= 0.6 is 0 Å². The summed E-state index contributed by atoms with van der Waals surface area (Å²) in [4.78, 5) is 0. The molecule has 2 nitrogen and oxygen atoms in total. The van der Waals surface area contributed by atoms with Crippen LogP contribution in [-0.2, 0) is 15.3 Å². The SMILES string of the molecule is CCOC1(OCC)C=Cc2ccccc21. The Morgan fingerprint density at radius 1 is 1.07 bits per heavy atom. The molecule has 0 fully saturated rings. The molecule has 0 aromatic heterocycles. The highest BCUT2D eigenvalue weighted by molar-refractivity contribution is 5.62. The van der Waals surface area contributed by atoms with Gasteiger partial charge in [-0.1, -0.05) is 30.3 Å². The molecular formula is C13H16O2. The third-order valence-corrected chi connectivity index (χ3v) is 2.54. The van der Waals surface area contributed by atoms with Gasteiger partial charge in [-0.2, -0.15) is 0 Å². The zero-order valence-electron chi connectivity index (χ0n) is 9.19. The van der Waals surface area contributed by atoms with E-state index >= 15 is 0 Å². The highest BCUT2D eigenvalue weighted by Crippen LogP contribution is 2.37. The summed E-state index contributed by atoms with van der Waals surface area (Å²) < 4.78 is 11.5. The van der Waals surface area contributed by atoms with E-state index in [2.05, 4.69) is 18.2 Å². The average Bonchev–Trinajstić information content (AvgIpc) is 2.60. The Balaban J connectivity index is 2.39. The Bertz CT molecular complexity index is 363. The molecule has 0 unspecified atom stereocenters. The Kier molecular flexibility index (Phi) is 2.89. The number of hydrogen-bond acceptors (Lipinski definition) is 2. The Morgan fingerprint density at radius 3 is 2.40 bits per heavy atom. The summed E-state index contributed by atoms with van der Waals surface area (Å²) in [5, 5.41) is 0. The molecule has 2 heteroatoms. The third kappa shape index (κ3) is 1.71. The summed E-state index contributed by atoms with van der Waals surface area (Å²) >= 11 is 0. The van der Waals surface area contributed by atoms with Gasteiger partial charge in [0.15, 0.2) is 0 Å². The monoisotopic (exact) mass is 204 g/mol. The molecule has 15 heavy (non-hydrogen) atoms. The number of rotatable bonds is 4. The van der Waals surface area contributed by atoms with Gasteiger partial charge in [0.25, 0.3) is 0 Å². The molecule has 0 bridgehead atoms. The van der Waals surface area contributed by atoms with E-state index in [4.69, 9.17) is 9.47 Å². The lowest BCUT2D eigenvalue weighted by molar-refractivity contribution is -0.205. The first kappa shape index (κ1) is 10.4. The maximum absolute atomic E-state index is 5.75. The molecule has 2 rings (SSSR count). The van der Waals surface area contributed by atoms with Crippen molar-refractivity contribution in [2.45, 2.75) is 19.6 Å². The standard InChI is InChI=1S/C13H16O2/c1-3-14-13(15-4-2)10-9-11-7-5-6-8-12(11)13/h5-10H,3-4H2,1-2H3. The summed E-state index contributed by atoms with van der Waals surface area (Å²) in [5.41, 5.74) is 2.29. The normalized spacial score (nSPS) is 16.7. The van der Waals surface area contributed by atoms with Gasteiger partial charge >= 0.3 is 0 Å². The van der Waals surface area contributed by atoms with Crippen molar-refractivity contribution in [3.05, 3.63) is 41.5 Å². The molecule has 1 aliphatic carbocycles. The van der Waals surface area contributed by atoms with E-state index in [0.29, 0.717) is 13.2 Å². The molecule has 1 aromatic carbocycles. The number of benzene rings is 1. The minimum atomic E-state index is -0.653. The Labute approximate surface area is 90.5 Å². The lowest BCUT2D eigenvalue weighted by Gasteiger charge is -2.28. The van der Waals surface area contributed by atoms with E-state index in [1.54, 1.807) is 0 Å². The maximum atomic E-state index is 5.75. The predicted molar refractivity (Wildman–Crippen MR) is 60.4 cm³/mol. The van der Waals surface area contributed by atoms with E-state index in [9.17, 15) is 0 Å². The van der Waals surface area contributed by atoms with Gasteiger partial charge in [0.2, 0.25) is 5.79 Å². The van der Waals surface area contributed by atoms with E-state index in [-0.39, 0.29) is 0 Å². The average molecular weight is 204 g/mol. The van der Waals surface area contributed by atoms with E-state index in [1.165, 1.54) is 5.56 Å². The minimum absolute atomic E-state index is 0.638. The van der Waals surface area contributed by atoms with Crippen molar-refractivity contribution in [2.75, 3.05) is 13.2 Å². The van der Waals surface area contributed by atoms with Gasteiger partial charge < -0.3 is 9.47 Å². The molecule has 0 aliphatic heterocycles. The fraction of sp³-hybridized carbons (Fsp3) is 0.385. The summed E-state index contributed by atoms with van der Waals surface area (Å²) in [6.07, 6.45) is 4.05. The third-order valence-electron chi connectivity index (χ3n) is 2.54. The zero-order chi connectivity index (χ0) is 10.7. The molecule has 0 spiro atoms. The smallest absolute Gasteiger partial charge is 0.216 e. The second-order valence-corrected chi connectivity index (χ2v) is 3.45. The topological polar surface area (TPSA) is 18.5 Å². The van der Waals surface area contributed by atoms with E-state index < -0.39 is 5.79 Å². The molecule has 1 aliphatic rings. The van der Waals surface area contributed by atoms with Crippen molar-refractivity contribution in [3.63, 3.8) is 0 Å².